The van der Waals surface area contributed by atoms with Gasteiger partial charge in [-0.15, -0.1) is 13.2 Å². The van der Waals surface area contributed by atoms with Gasteiger partial charge in [0.15, 0.2) is 0 Å². The SMILES string of the molecule is C/C=C(C)/C=C\C(=C/C)OCCCC.C=C(C)CCCC(N)(CO)CO.C=CCC.CC. The zero-order chi connectivity index (χ0) is 25.8. The van der Waals surface area contributed by atoms with Crippen LogP contribution in [0.2, 0.25) is 0 Å². The van der Waals surface area contributed by atoms with Crippen molar-refractivity contribution in [2.45, 2.75) is 99.5 Å². The summed E-state index contributed by atoms with van der Waals surface area (Å²) in [6.07, 6.45) is 15.8. The highest BCUT2D eigenvalue weighted by molar-refractivity contribution is 5.22. The lowest BCUT2D eigenvalue weighted by molar-refractivity contribution is 0.113. The lowest BCUT2D eigenvalue weighted by atomic mass is 9.95. The van der Waals surface area contributed by atoms with Crippen molar-refractivity contribution in [3.8, 4) is 0 Å². The number of aliphatic hydroxyl groups is 2. The lowest BCUT2D eigenvalue weighted by Crippen LogP contribution is -2.47. The van der Waals surface area contributed by atoms with E-state index in [0.717, 1.165) is 43.6 Å². The van der Waals surface area contributed by atoms with Crippen LogP contribution in [0, 0.1) is 0 Å². The summed E-state index contributed by atoms with van der Waals surface area (Å²) < 4.78 is 5.57. The molecular formula is C28H55NO3. The maximum absolute atomic E-state index is 8.84. The molecule has 0 bridgehead atoms. The Kier molecular flexibility index (Phi) is 34.6. The topological polar surface area (TPSA) is 75.7 Å². The second kappa shape index (κ2) is 29.4. The van der Waals surface area contributed by atoms with Crippen molar-refractivity contribution in [1.29, 1.82) is 0 Å². The van der Waals surface area contributed by atoms with Gasteiger partial charge in [-0.25, -0.2) is 0 Å². The van der Waals surface area contributed by atoms with Crippen LogP contribution in [0.5, 0.6) is 0 Å². The Labute approximate surface area is 200 Å². The van der Waals surface area contributed by atoms with E-state index in [1.807, 2.05) is 52.8 Å². The summed E-state index contributed by atoms with van der Waals surface area (Å²) in [6, 6.07) is 0. The van der Waals surface area contributed by atoms with Crippen LogP contribution in [-0.2, 0) is 4.74 Å². The molecule has 4 nitrogen and oxygen atoms in total. The summed E-state index contributed by atoms with van der Waals surface area (Å²) in [5.41, 5.74) is 7.20. The zero-order valence-corrected chi connectivity index (χ0v) is 22.5. The Balaban J connectivity index is -0.000000198. The number of allylic oxidation sites excluding steroid dienone is 7. The molecule has 0 heterocycles. The maximum Gasteiger partial charge on any atom is 0.115 e. The van der Waals surface area contributed by atoms with Crippen LogP contribution < -0.4 is 5.73 Å². The highest BCUT2D eigenvalue weighted by atomic mass is 16.5. The number of unbranched alkanes of at least 4 members (excludes halogenated alkanes) is 1. The van der Waals surface area contributed by atoms with Crippen LogP contribution >= 0.6 is 0 Å². The molecule has 4 heteroatoms. The largest absolute Gasteiger partial charge is 0.494 e. The van der Waals surface area contributed by atoms with Gasteiger partial charge in [-0.05, 0) is 72.0 Å². The van der Waals surface area contributed by atoms with Gasteiger partial charge < -0.3 is 20.7 Å². The Morgan fingerprint density at radius 3 is 1.88 bits per heavy atom. The lowest BCUT2D eigenvalue weighted by Gasteiger charge is -2.24. The molecule has 0 amide bonds. The van der Waals surface area contributed by atoms with Crippen LogP contribution in [0.3, 0.4) is 0 Å². The average Bonchev–Trinajstić information content (AvgIpc) is 2.82. The van der Waals surface area contributed by atoms with Crippen LogP contribution in [0.25, 0.3) is 0 Å². The van der Waals surface area contributed by atoms with E-state index in [-0.39, 0.29) is 13.2 Å². The van der Waals surface area contributed by atoms with Gasteiger partial charge in [0, 0.05) is 0 Å². The van der Waals surface area contributed by atoms with Crippen molar-refractivity contribution in [1.82, 2.24) is 0 Å². The number of ether oxygens (including phenoxy) is 1. The van der Waals surface area contributed by atoms with E-state index in [0.29, 0.717) is 6.42 Å². The molecule has 0 saturated carbocycles. The third-order valence-corrected chi connectivity index (χ3v) is 4.21. The number of hydrogen-bond acceptors (Lipinski definition) is 4. The molecule has 0 fully saturated rings. The summed E-state index contributed by atoms with van der Waals surface area (Å²) in [5.74, 6) is 0.958. The van der Waals surface area contributed by atoms with Crippen molar-refractivity contribution in [2.75, 3.05) is 19.8 Å². The molecule has 0 aliphatic carbocycles. The first-order valence-electron chi connectivity index (χ1n) is 12.1. The van der Waals surface area contributed by atoms with Crippen molar-refractivity contribution in [2.24, 2.45) is 5.73 Å². The van der Waals surface area contributed by atoms with E-state index in [9.17, 15) is 0 Å². The van der Waals surface area contributed by atoms with E-state index in [2.05, 4.69) is 46.1 Å². The molecule has 0 spiro atoms. The first-order chi connectivity index (χ1) is 15.2. The molecule has 0 aliphatic heterocycles. The number of rotatable bonds is 13. The third kappa shape index (κ3) is 30.6. The van der Waals surface area contributed by atoms with E-state index < -0.39 is 5.54 Å². The Morgan fingerprint density at radius 1 is 1.00 bits per heavy atom. The fraction of sp³-hybridized carbons (Fsp3) is 0.643. The van der Waals surface area contributed by atoms with Gasteiger partial charge >= 0.3 is 0 Å². The second-order valence-electron chi connectivity index (χ2n) is 7.45. The standard InChI is InChI=1S/C13H22O.C9H19NO2.C4H8.C2H6/c1-5-8-11-14-13(7-3)10-9-12(4)6-2;1-8(2)4-3-5-9(10,6-11)7-12;1-3-4-2;1-2/h6-7,9-10H,5,8,11H2,1-4H3;11-12H,1,3-7,10H2,2H3;3H,1,4H2,2H3;1-2H3/b10-9-,12-6+,13-7+;;;. The monoisotopic (exact) mass is 453 g/mol. The van der Waals surface area contributed by atoms with Gasteiger partial charge in [0.25, 0.3) is 0 Å². The fourth-order valence-electron chi connectivity index (χ4n) is 1.82. The van der Waals surface area contributed by atoms with Crippen LogP contribution in [0.4, 0.5) is 0 Å². The predicted octanol–water partition coefficient (Wildman–Crippen LogP) is 7.25. The van der Waals surface area contributed by atoms with Crippen molar-refractivity contribution >= 4 is 0 Å². The Morgan fingerprint density at radius 2 is 1.53 bits per heavy atom. The van der Waals surface area contributed by atoms with Crippen molar-refractivity contribution in [3.63, 3.8) is 0 Å². The molecule has 190 valence electrons. The molecule has 0 unspecified atom stereocenters. The molecular weight excluding hydrogens is 398 g/mol. The van der Waals surface area contributed by atoms with Gasteiger partial charge in [-0.2, -0.15) is 0 Å². The Bertz CT molecular complexity index is 501. The smallest absolute Gasteiger partial charge is 0.115 e. The van der Waals surface area contributed by atoms with Gasteiger partial charge in [0.2, 0.25) is 0 Å². The molecule has 4 N–H and O–H groups in total. The summed E-state index contributed by atoms with van der Waals surface area (Å²) in [5, 5.41) is 17.7. The van der Waals surface area contributed by atoms with Crippen molar-refractivity contribution in [3.05, 3.63) is 60.4 Å². The molecule has 0 atom stereocenters. The quantitative estimate of drug-likeness (QED) is 0.119. The maximum atomic E-state index is 8.84. The van der Waals surface area contributed by atoms with Gasteiger partial charge in [-0.1, -0.05) is 63.5 Å². The van der Waals surface area contributed by atoms with E-state index >= 15 is 0 Å². The third-order valence-electron chi connectivity index (χ3n) is 4.21. The predicted molar refractivity (Wildman–Crippen MR) is 145 cm³/mol. The summed E-state index contributed by atoms with van der Waals surface area (Å²) in [7, 11) is 0. The fourth-order valence-corrected chi connectivity index (χ4v) is 1.82. The minimum Gasteiger partial charge on any atom is -0.494 e. The number of nitrogens with two attached hydrogens (primary N) is 1. The summed E-state index contributed by atoms with van der Waals surface area (Å²) >= 11 is 0. The molecule has 0 aromatic rings. The van der Waals surface area contributed by atoms with Gasteiger partial charge in [0.1, 0.15) is 5.76 Å². The summed E-state index contributed by atoms with van der Waals surface area (Å²) in [6.45, 7) is 24.0. The zero-order valence-electron chi connectivity index (χ0n) is 22.5. The van der Waals surface area contributed by atoms with Gasteiger partial charge in [0.05, 0.1) is 25.4 Å². The number of aliphatic hydroxyl groups excluding tert-OH is 2. The van der Waals surface area contributed by atoms with Crippen LogP contribution in [-0.4, -0.2) is 35.6 Å². The average molecular weight is 454 g/mol. The number of hydrogen-bond donors (Lipinski definition) is 3. The molecule has 0 aliphatic rings. The molecule has 0 aromatic heterocycles. The van der Waals surface area contributed by atoms with Crippen LogP contribution in [0.15, 0.2) is 60.4 Å². The Hall–Kier alpha value is -1.62. The molecule has 0 rings (SSSR count). The minimum absolute atomic E-state index is 0.167. The van der Waals surface area contributed by atoms with Crippen LogP contribution in [0.1, 0.15) is 93.9 Å². The first kappa shape index (κ1) is 37.7. The minimum atomic E-state index is -0.810. The van der Waals surface area contributed by atoms with Gasteiger partial charge in [-0.3, -0.25) is 0 Å². The molecule has 0 aromatic carbocycles. The molecule has 0 saturated heterocycles. The normalized spacial score (nSPS) is 11.3. The highest BCUT2D eigenvalue weighted by Gasteiger charge is 2.21. The van der Waals surface area contributed by atoms with E-state index in [1.54, 1.807) is 0 Å². The highest BCUT2D eigenvalue weighted by Crippen LogP contribution is 2.12. The van der Waals surface area contributed by atoms with E-state index in [4.69, 9.17) is 20.7 Å². The van der Waals surface area contributed by atoms with Crippen molar-refractivity contribution < 1.29 is 14.9 Å². The molecule has 32 heavy (non-hydrogen) atoms. The second-order valence-corrected chi connectivity index (χ2v) is 7.45. The van der Waals surface area contributed by atoms with E-state index in [1.165, 1.54) is 12.0 Å². The summed E-state index contributed by atoms with van der Waals surface area (Å²) in [4.78, 5) is 0. The molecule has 0 radical (unpaired) electrons. The first-order valence-corrected chi connectivity index (χ1v) is 12.1.